The Balaban J connectivity index is 1.56. The molecule has 0 spiro atoms. The molecule has 0 aliphatic heterocycles. The number of nitrogens with zero attached hydrogens (tertiary/aromatic N) is 1. The minimum absolute atomic E-state index is 1.10. The maximum Gasteiger partial charge on any atom is 0.0547 e. The summed E-state index contributed by atoms with van der Waals surface area (Å²) in [6.07, 6.45) is 0. The van der Waals surface area contributed by atoms with Crippen LogP contribution < -0.4 is 0 Å². The summed E-state index contributed by atoms with van der Waals surface area (Å²) in [4.78, 5) is 0. The third-order valence-electron chi connectivity index (χ3n) is 6.09. The molecule has 0 bridgehead atoms. The van der Waals surface area contributed by atoms with Crippen molar-refractivity contribution in [3.05, 3.63) is 126 Å². The van der Waals surface area contributed by atoms with E-state index >= 15 is 0 Å². The van der Waals surface area contributed by atoms with Crippen molar-refractivity contribution in [3.63, 3.8) is 0 Å². The minimum Gasteiger partial charge on any atom is -0.309 e. The smallest absolute Gasteiger partial charge is 0.0547 e. The fourth-order valence-electron chi connectivity index (χ4n) is 4.60. The van der Waals surface area contributed by atoms with Gasteiger partial charge in [0.05, 0.1) is 11.0 Å². The van der Waals surface area contributed by atoms with E-state index in [1.54, 1.807) is 0 Å². The van der Waals surface area contributed by atoms with E-state index in [0.717, 1.165) is 4.47 Å². The second-order valence-corrected chi connectivity index (χ2v) is 8.89. The highest BCUT2D eigenvalue weighted by Gasteiger charge is 2.15. The first kappa shape index (κ1) is 19.1. The van der Waals surface area contributed by atoms with Gasteiger partial charge in [0, 0.05) is 20.9 Å². The van der Waals surface area contributed by atoms with Crippen LogP contribution >= 0.6 is 15.9 Å². The van der Waals surface area contributed by atoms with Crippen molar-refractivity contribution in [2.75, 3.05) is 0 Å². The highest BCUT2D eigenvalue weighted by molar-refractivity contribution is 9.10. The number of fused-ring (bicyclic) bond motifs is 3. The lowest BCUT2D eigenvalue weighted by Gasteiger charge is -2.09. The molecule has 0 aliphatic rings. The van der Waals surface area contributed by atoms with E-state index in [1.165, 1.54) is 49.7 Å². The Morgan fingerprint density at radius 1 is 0.469 bits per heavy atom. The van der Waals surface area contributed by atoms with Crippen LogP contribution in [0.1, 0.15) is 0 Å². The molecule has 0 saturated heterocycles. The summed E-state index contributed by atoms with van der Waals surface area (Å²) >= 11 is 3.52. The van der Waals surface area contributed by atoms with Crippen LogP contribution in [0, 0.1) is 0 Å². The summed E-state index contributed by atoms with van der Waals surface area (Å²) in [7, 11) is 0. The maximum atomic E-state index is 3.52. The molecule has 0 radical (unpaired) electrons. The van der Waals surface area contributed by atoms with Crippen LogP contribution in [0.4, 0.5) is 0 Å². The van der Waals surface area contributed by atoms with E-state index in [2.05, 4.69) is 142 Å². The van der Waals surface area contributed by atoms with Gasteiger partial charge in [-0.15, -0.1) is 0 Å². The molecule has 1 nitrogen and oxygen atoms in total. The Bertz CT molecular complexity index is 1540. The predicted molar refractivity (Wildman–Crippen MR) is 139 cm³/mol. The highest BCUT2D eigenvalue weighted by Crippen LogP contribution is 2.38. The van der Waals surface area contributed by atoms with Gasteiger partial charge in [-0.1, -0.05) is 101 Å². The fraction of sp³-hybridized carbons (Fsp3) is 0. The van der Waals surface area contributed by atoms with E-state index in [0.29, 0.717) is 0 Å². The predicted octanol–water partition coefficient (Wildman–Crippen LogP) is 8.88. The van der Waals surface area contributed by atoms with Crippen molar-refractivity contribution in [2.45, 2.75) is 0 Å². The van der Waals surface area contributed by atoms with Crippen molar-refractivity contribution < 1.29 is 0 Å². The molecular weight excluding hydrogens is 454 g/mol. The van der Waals surface area contributed by atoms with Crippen molar-refractivity contribution in [2.24, 2.45) is 0 Å². The highest BCUT2D eigenvalue weighted by atomic mass is 79.9. The molecular formula is C30H20BrN. The molecule has 6 rings (SSSR count). The van der Waals surface area contributed by atoms with E-state index in [-0.39, 0.29) is 0 Å². The lowest BCUT2D eigenvalue weighted by atomic mass is 9.97. The van der Waals surface area contributed by atoms with Crippen LogP contribution in [0.3, 0.4) is 0 Å². The molecule has 152 valence electrons. The SMILES string of the molecule is Brc1ccc(-c2ccc(-c3cccc4c3c3ccccc3n4-c3ccccc3)cc2)cc1. The average molecular weight is 474 g/mol. The Labute approximate surface area is 195 Å². The van der Waals surface area contributed by atoms with Crippen LogP contribution in [0.25, 0.3) is 49.7 Å². The van der Waals surface area contributed by atoms with Crippen molar-refractivity contribution in [1.82, 2.24) is 4.57 Å². The van der Waals surface area contributed by atoms with Crippen LogP contribution in [0.5, 0.6) is 0 Å². The second-order valence-electron chi connectivity index (χ2n) is 7.97. The topological polar surface area (TPSA) is 4.93 Å². The van der Waals surface area contributed by atoms with E-state index in [9.17, 15) is 0 Å². The molecule has 0 N–H and O–H groups in total. The second kappa shape index (κ2) is 7.81. The molecule has 2 heteroatoms. The van der Waals surface area contributed by atoms with Gasteiger partial charge in [0.1, 0.15) is 0 Å². The first-order valence-electron chi connectivity index (χ1n) is 10.7. The molecule has 1 heterocycles. The van der Waals surface area contributed by atoms with Crippen molar-refractivity contribution in [3.8, 4) is 27.9 Å². The van der Waals surface area contributed by atoms with E-state index in [4.69, 9.17) is 0 Å². The molecule has 0 fully saturated rings. The molecule has 0 amide bonds. The summed E-state index contributed by atoms with van der Waals surface area (Å²) in [5.41, 5.74) is 8.57. The lowest BCUT2D eigenvalue weighted by molar-refractivity contribution is 1.18. The standard InChI is InChI=1S/C30H20BrN/c31-24-19-17-22(18-20-24)21-13-15-23(16-14-21)26-10-6-12-29-30(26)27-9-4-5-11-28(27)32(29)25-7-2-1-3-8-25/h1-20H. The van der Waals surface area contributed by atoms with Crippen LogP contribution in [0.2, 0.25) is 0 Å². The van der Waals surface area contributed by atoms with Gasteiger partial charge < -0.3 is 4.57 Å². The van der Waals surface area contributed by atoms with Gasteiger partial charge in [-0.3, -0.25) is 0 Å². The van der Waals surface area contributed by atoms with Crippen molar-refractivity contribution >= 4 is 37.7 Å². The largest absolute Gasteiger partial charge is 0.309 e. The number of aromatic nitrogens is 1. The van der Waals surface area contributed by atoms with Gasteiger partial charge >= 0.3 is 0 Å². The number of para-hydroxylation sites is 2. The molecule has 1 aromatic heterocycles. The van der Waals surface area contributed by atoms with Crippen molar-refractivity contribution in [1.29, 1.82) is 0 Å². The van der Waals surface area contributed by atoms with Gasteiger partial charge in [-0.25, -0.2) is 0 Å². The number of rotatable bonds is 3. The normalized spacial score (nSPS) is 11.3. The summed E-state index contributed by atoms with van der Waals surface area (Å²) in [6, 6.07) is 43.3. The van der Waals surface area contributed by atoms with Crippen LogP contribution in [-0.2, 0) is 0 Å². The first-order valence-corrected chi connectivity index (χ1v) is 11.5. The summed E-state index contributed by atoms with van der Waals surface area (Å²) in [5, 5.41) is 2.57. The lowest BCUT2D eigenvalue weighted by Crippen LogP contribution is -1.92. The number of benzene rings is 5. The fourth-order valence-corrected chi connectivity index (χ4v) is 4.86. The quantitative estimate of drug-likeness (QED) is 0.241. The van der Waals surface area contributed by atoms with E-state index in [1.807, 2.05) is 0 Å². The summed E-state index contributed by atoms with van der Waals surface area (Å²) < 4.78 is 3.46. The minimum atomic E-state index is 1.10. The summed E-state index contributed by atoms with van der Waals surface area (Å²) in [6.45, 7) is 0. The molecule has 5 aromatic carbocycles. The third kappa shape index (κ3) is 3.16. The molecule has 0 saturated carbocycles. The van der Waals surface area contributed by atoms with Gasteiger partial charge in [-0.05, 0) is 58.7 Å². The zero-order chi connectivity index (χ0) is 21.5. The van der Waals surface area contributed by atoms with Gasteiger partial charge in [-0.2, -0.15) is 0 Å². The van der Waals surface area contributed by atoms with Crippen LogP contribution in [-0.4, -0.2) is 4.57 Å². The van der Waals surface area contributed by atoms with Crippen LogP contribution in [0.15, 0.2) is 126 Å². The third-order valence-corrected chi connectivity index (χ3v) is 6.61. The molecule has 0 unspecified atom stereocenters. The number of hydrogen-bond acceptors (Lipinski definition) is 0. The van der Waals surface area contributed by atoms with E-state index < -0.39 is 0 Å². The Morgan fingerprint density at radius 2 is 1.06 bits per heavy atom. The average Bonchev–Trinajstić information content (AvgIpc) is 3.20. The molecule has 0 atom stereocenters. The van der Waals surface area contributed by atoms with Gasteiger partial charge in [0.2, 0.25) is 0 Å². The Morgan fingerprint density at radius 3 is 1.81 bits per heavy atom. The Kier molecular flexibility index (Phi) is 4.66. The summed E-state index contributed by atoms with van der Waals surface area (Å²) in [5.74, 6) is 0. The number of halogens is 1. The Hall–Kier alpha value is -3.62. The maximum absolute atomic E-state index is 3.52. The molecule has 0 aliphatic carbocycles. The van der Waals surface area contributed by atoms with Gasteiger partial charge in [0.25, 0.3) is 0 Å². The zero-order valence-corrected chi connectivity index (χ0v) is 19.0. The van der Waals surface area contributed by atoms with Gasteiger partial charge in [0.15, 0.2) is 0 Å². The number of hydrogen-bond donors (Lipinski definition) is 0. The first-order chi connectivity index (χ1) is 15.8. The zero-order valence-electron chi connectivity index (χ0n) is 17.4. The molecule has 32 heavy (non-hydrogen) atoms. The monoisotopic (exact) mass is 473 g/mol. The molecule has 6 aromatic rings.